The van der Waals surface area contributed by atoms with Crippen LogP contribution in [0.5, 0.6) is 0 Å². The van der Waals surface area contributed by atoms with Gasteiger partial charge in [0.2, 0.25) is 11.9 Å². The number of hydrogen-bond acceptors (Lipinski definition) is 17. The van der Waals surface area contributed by atoms with Crippen molar-refractivity contribution in [1.82, 2.24) is 49.7 Å². The Kier molecular flexibility index (Phi) is 13.2. The Morgan fingerprint density at radius 1 is 0.529 bits per heavy atom. The number of nitrogens with zero attached hydrogens (tertiary/aromatic N) is 12. The summed E-state index contributed by atoms with van der Waals surface area (Å²) >= 11 is 3.21. The fourth-order valence-corrected chi connectivity index (χ4v) is 10.8. The average Bonchev–Trinajstić information content (AvgIpc) is 3.99. The maximum Gasteiger partial charge on any atom is 0.227 e. The number of aromatic nitrogens is 8. The first-order valence-electron chi connectivity index (χ1n) is 22.9. The van der Waals surface area contributed by atoms with Crippen molar-refractivity contribution in [3.8, 4) is 42.3 Å². The number of carbonyl (C=O) groups is 1. The first kappa shape index (κ1) is 44.8. The van der Waals surface area contributed by atoms with E-state index in [4.69, 9.17) is 19.9 Å². The Morgan fingerprint density at radius 3 is 1.32 bits per heavy atom. The van der Waals surface area contributed by atoms with Gasteiger partial charge in [-0.1, -0.05) is 0 Å². The fraction of sp³-hybridized carbons (Fsp3) is 0.275. The van der Waals surface area contributed by atoms with Crippen LogP contribution in [0.3, 0.4) is 0 Å². The highest BCUT2D eigenvalue weighted by Crippen LogP contribution is 2.36. The lowest BCUT2D eigenvalue weighted by Gasteiger charge is -2.42. The fourth-order valence-electron chi connectivity index (χ4n) is 8.80. The molecule has 2 aliphatic heterocycles. The molecule has 2 fully saturated rings. The third-order valence-electron chi connectivity index (χ3n) is 12.7. The monoisotopic (exact) mass is 940 g/mol. The topological polar surface area (TPSA) is 157 Å². The van der Waals surface area contributed by atoms with Gasteiger partial charge in [-0.25, -0.2) is 29.9 Å². The molecular weight excluding hydrogens is 889 g/mol. The molecule has 2 unspecified atom stereocenters. The Hall–Kier alpha value is -7.05. The quantitative estimate of drug-likeness (QED) is 0.106. The van der Waals surface area contributed by atoms with Crippen molar-refractivity contribution in [2.45, 2.75) is 39.8 Å². The second kappa shape index (κ2) is 20.0. The van der Waals surface area contributed by atoms with Gasteiger partial charge >= 0.3 is 0 Å². The number of benzene rings is 2. The summed E-state index contributed by atoms with van der Waals surface area (Å²) < 4.78 is 0. The number of anilines is 6. The summed E-state index contributed by atoms with van der Waals surface area (Å²) in [6, 6.07) is 28.2. The standard InChI is InChI=1S/C51H52N14OS2/c1-33-46(67-48(56-33)37-7-5-19-52-31-37)43-17-21-54-50(60-43)58-39-9-13-41(14-10-39)64-27-23-62(24-28-64)35(3)45(66)36(4)63-25-29-65(30-26-63)42-15-11-40(12-16-42)59-51-55-22-18-44(61-51)47-34(2)57-49(68-47)38-8-6-20-53-32-38/h5-22,31-32,35-36H,23-30H2,1-4H3,(H,54,58,60)(H,55,59,61). The molecule has 6 aromatic heterocycles. The first-order chi connectivity index (χ1) is 33.2. The number of carbonyl (C=O) groups excluding carboxylic acids is 1. The molecule has 2 aliphatic rings. The molecule has 0 bridgehead atoms. The minimum absolute atomic E-state index is 0.150. The van der Waals surface area contributed by atoms with Crippen LogP contribution in [0.4, 0.5) is 34.6 Å². The lowest BCUT2D eigenvalue weighted by molar-refractivity contribution is -0.128. The van der Waals surface area contributed by atoms with Crippen molar-refractivity contribution in [3.05, 3.63) is 133 Å². The number of pyridine rings is 2. The summed E-state index contributed by atoms with van der Waals surface area (Å²) in [5.41, 5.74) is 9.62. The summed E-state index contributed by atoms with van der Waals surface area (Å²) in [6.45, 7) is 14.9. The summed E-state index contributed by atoms with van der Waals surface area (Å²) in [5.74, 6) is 1.35. The van der Waals surface area contributed by atoms with E-state index < -0.39 is 0 Å². The molecule has 8 aromatic rings. The number of aryl methyl sites for hydroxylation is 2. The van der Waals surface area contributed by atoms with Crippen molar-refractivity contribution >= 4 is 63.1 Å². The maximum atomic E-state index is 13.9. The minimum Gasteiger partial charge on any atom is -0.369 e. The van der Waals surface area contributed by atoms with Crippen molar-refractivity contribution in [2.24, 2.45) is 0 Å². The third-order valence-corrected chi connectivity index (χ3v) is 15.2. The molecule has 2 atom stereocenters. The van der Waals surface area contributed by atoms with E-state index in [1.54, 1.807) is 47.5 Å². The Morgan fingerprint density at radius 2 is 0.941 bits per heavy atom. The highest BCUT2D eigenvalue weighted by Gasteiger charge is 2.33. The van der Waals surface area contributed by atoms with E-state index in [9.17, 15) is 4.79 Å². The molecule has 0 spiro atoms. The van der Waals surface area contributed by atoms with E-state index in [-0.39, 0.29) is 17.9 Å². The first-order valence-corrected chi connectivity index (χ1v) is 24.5. The Labute approximate surface area is 404 Å². The van der Waals surface area contributed by atoms with Gasteiger partial charge in [0.25, 0.3) is 0 Å². The number of rotatable bonds is 14. The second-order valence-corrected chi connectivity index (χ2v) is 19.0. The van der Waals surface area contributed by atoms with E-state index in [0.29, 0.717) is 11.9 Å². The zero-order valence-corrected chi connectivity index (χ0v) is 40.1. The van der Waals surface area contributed by atoms with Gasteiger partial charge in [0.15, 0.2) is 5.78 Å². The zero-order valence-electron chi connectivity index (χ0n) is 38.4. The zero-order chi connectivity index (χ0) is 46.6. The molecular formula is C51H52N14OS2. The molecule has 2 aromatic carbocycles. The molecule has 0 saturated carbocycles. The molecule has 0 aliphatic carbocycles. The van der Waals surface area contributed by atoms with E-state index >= 15 is 0 Å². The van der Waals surface area contributed by atoms with Crippen molar-refractivity contribution in [3.63, 3.8) is 0 Å². The molecule has 15 nitrogen and oxygen atoms in total. The number of piperazine rings is 2. The SMILES string of the molecule is Cc1nc(-c2cccnc2)sc1-c1ccnc(Nc2ccc(N3CCN(C(C)C(=O)C(C)N4CCN(c5ccc(Nc6nccc(-c7sc(-c8cccnc8)nc7C)n6)cc5)CC4)CC3)cc2)n1. The highest BCUT2D eigenvalue weighted by molar-refractivity contribution is 7.18. The molecule has 2 saturated heterocycles. The van der Waals surface area contributed by atoms with Crippen molar-refractivity contribution < 1.29 is 4.79 Å². The molecule has 0 amide bonds. The molecule has 344 valence electrons. The largest absolute Gasteiger partial charge is 0.369 e. The van der Waals surface area contributed by atoms with Gasteiger partial charge in [0.05, 0.1) is 44.6 Å². The summed E-state index contributed by atoms with van der Waals surface area (Å²) in [6.07, 6.45) is 10.7. The van der Waals surface area contributed by atoms with Crippen LogP contribution in [0.1, 0.15) is 25.2 Å². The molecule has 2 N–H and O–H groups in total. The predicted octanol–water partition coefficient (Wildman–Crippen LogP) is 9.03. The lowest BCUT2D eigenvalue weighted by atomic mass is 10.0. The summed E-state index contributed by atoms with van der Waals surface area (Å²) in [4.78, 5) is 62.1. The number of nitrogens with one attached hydrogen (secondary N) is 2. The minimum atomic E-state index is -0.150. The number of ketones is 1. The smallest absolute Gasteiger partial charge is 0.227 e. The van der Waals surface area contributed by atoms with Gasteiger partial charge in [-0.05, 0) is 113 Å². The van der Waals surface area contributed by atoms with Crippen LogP contribution in [0, 0.1) is 13.8 Å². The van der Waals surface area contributed by atoms with E-state index in [2.05, 4.69) is 113 Å². The molecule has 17 heteroatoms. The maximum absolute atomic E-state index is 13.9. The number of hydrogen-bond donors (Lipinski definition) is 2. The van der Waals surface area contributed by atoms with E-state index in [0.717, 1.165) is 129 Å². The third kappa shape index (κ3) is 9.96. The number of thiazole rings is 2. The van der Waals surface area contributed by atoms with Gasteiger partial charge in [0.1, 0.15) is 10.0 Å². The van der Waals surface area contributed by atoms with Crippen LogP contribution in [-0.4, -0.2) is 120 Å². The number of Topliss-reactive ketones (excluding diaryl/α,β-unsaturated/α-hetero) is 1. The lowest BCUT2D eigenvalue weighted by Crippen LogP contribution is -2.57. The van der Waals surface area contributed by atoms with Gasteiger partial charge in [-0.3, -0.25) is 24.6 Å². The predicted molar refractivity (Wildman–Crippen MR) is 273 cm³/mol. The molecule has 68 heavy (non-hydrogen) atoms. The molecule has 8 heterocycles. The van der Waals surface area contributed by atoms with Gasteiger partial charge in [0, 0.05) is 123 Å². The van der Waals surface area contributed by atoms with Gasteiger partial charge < -0.3 is 20.4 Å². The van der Waals surface area contributed by atoms with Crippen molar-refractivity contribution in [1.29, 1.82) is 0 Å². The van der Waals surface area contributed by atoms with E-state index in [1.807, 2.05) is 62.6 Å². The van der Waals surface area contributed by atoms with Gasteiger partial charge in [-0.2, -0.15) is 0 Å². The van der Waals surface area contributed by atoms with Gasteiger partial charge in [-0.15, -0.1) is 22.7 Å². The van der Waals surface area contributed by atoms with Crippen molar-refractivity contribution in [2.75, 3.05) is 72.8 Å². The van der Waals surface area contributed by atoms with Crippen LogP contribution in [0.2, 0.25) is 0 Å². The van der Waals surface area contributed by atoms with Crippen LogP contribution in [-0.2, 0) is 4.79 Å². The van der Waals surface area contributed by atoms with E-state index in [1.165, 1.54) is 0 Å². The summed E-state index contributed by atoms with van der Waals surface area (Å²) in [7, 11) is 0. The second-order valence-electron chi connectivity index (χ2n) is 17.0. The summed E-state index contributed by atoms with van der Waals surface area (Å²) in [5, 5.41) is 8.59. The van der Waals surface area contributed by atoms with Crippen LogP contribution in [0.15, 0.2) is 122 Å². The van der Waals surface area contributed by atoms with Crippen LogP contribution < -0.4 is 20.4 Å². The van der Waals surface area contributed by atoms with Crippen LogP contribution >= 0.6 is 22.7 Å². The Balaban J connectivity index is 0.675. The molecule has 10 rings (SSSR count). The normalized spacial score (nSPS) is 15.5. The molecule has 0 radical (unpaired) electrons. The average molecular weight is 941 g/mol. The van der Waals surface area contributed by atoms with Crippen LogP contribution in [0.25, 0.3) is 42.3 Å². The highest BCUT2D eigenvalue weighted by atomic mass is 32.1. The Bertz CT molecular complexity index is 2770.